The van der Waals surface area contributed by atoms with Crippen LogP contribution < -0.4 is 15.6 Å². The number of H-pyrrole nitrogens is 2. The van der Waals surface area contributed by atoms with Crippen molar-refractivity contribution in [3.8, 4) is 5.75 Å². The van der Waals surface area contributed by atoms with E-state index in [4.69, 9.17) is 4.74 Å². The second-order valence-electron chi connectivity index (χ2n) is 7.88. The molecule has 0 aliphatic rings. The highest BCUT2D eigenvalue weighted by Crippen LogP contribution is 2.16. The molecule has 2 aromatic heterocycles. The SMILES string of the molecule is O=C(COc1ccc(C(=O)N/N=C/c2cccc3[nH]ccc23)cc1)N/N=C/c1cccc2[nH]ccc12. The van der Waals surface area contributed by atoms with E-state index in [0.29, 0.717) is 11.3 Å². The first-order valence-corrected chi connectivity index (χ1v) is 11.2. The quantitative estimate of drug-likeness (QED) is 0.199. The fourth-order valence-electron chi connectivity index (χ4n) is 3.73. The van der Waals surface area contributed by atoms with E-state index in [9.17, 15) is 9.59 Å². The molecule has 0 atom stereocenters. The zero-order valence-electron chi connectivity index (χ0n) is 19.1. The van der Waals surface area contributed by atoms with Crippen molar-refractivity contribution in [3.63, 3.8) is 0 Å². The normalized spacial score (nSPS) is 11.4. The molecule has 5 rings (SSSR count). The number of nitrogens with one attached hydrogen (secondary N) is 4. The Kier molecular flexibility index (Phi) is 6.53. The molecule has 0 bridgehead atoms. The van der Waals surface area contributed by atoms with Crippen LogP contribution in [0.15, 0.2) is 95.4 Å². The van der Waals surface area contributed by atoms with Crippen molar-refractivity contribution in [2.45, 2.75) is 0 Å². The van der Waals surface area contributed by atoms with Gasteiger partial charge in [-0.15, -0.1) is 0 Å². The number of hydrazone groups is 2. The number of aromatic amines is 2. The Bertz CT molecular complexity index is 1580. The molecule has 0 unspecified atom stereocenters. The lowest BCUT2D eigenvalue weighted by Crippen LogP contribution is -2.24. The van der Waals surface area contributed by atoms with Crippen LogP contribution >= 0.6 is 0 Å². The summed E-state index contributed by atoms with van der Waals surface area (Å²) in [5, 5.41) is 10.1. The fraction of sp³-hybridized carbons (Fsp3) is 0.0370. The van der Waals surface area contributed by atoms with Gasteiger partial charge >= 0.3 is 0 Å². The molecule has 5 aromatic rings. The Morgan fingerprint density at radius 2 is 1.33 bits per heavy atom. The molecule has 0 saturated carbocycles. The molecule has 0 spiro atoms. The van der Waals surface area contributed by atoms with Gasteiger partial charge in [-0.05, 0) is 48.5 Å². The van der Waals surface area contributed by atoms with Crippen molar-refractivity contribution >= 4 is 46.0 Å². The van der Waals surface area contributed by atoms with Gasteiger partial charge in [0.05, 0.1) is 12.4 Å². The number of ether oxygens (including phenoxy) is 1. The van der Waals surface area contributed by atoms with E-state index in [-0.39, 0.29) is 12.5 Å². The van der Waals surface area contributed by atoms with Gasteiger partial charge in [-0.3, -0.25) is 9.59 Å². The molecule has 0 radical (unpaired) electrons. The first-order valence-electron chi connectivity index (χ1n) is 11.2. The molecule has 36 heavy (non-hydrogen) atoms. The summed E-state index contributed by atoms with van der Waals surface area (Å²) in [7, 11) is 0. The molecule has 9 nitrogen and oxygen atoms in total. The van der Waals surface area contributed by atoms with Gasteiger partial charge in [0.15, 0.2) is 6.61 Å². The van der Waals surface area contributed by atoms with Crippen molar-refractivity contribution in [2.24, 2.45) is 10.2 Å². The molecule has 178 valence electrons. The van der Waals surface area contributed by atoms with Crippen molar-refractivity contribution in [2.75, 3.05) is 6.61 Å². The largest absolute Gasteiger partial charge is 0.484 e. The topological polar surface area (TPSA) is 124 Å². The Morgan fingerprint density at radius 3 is 1.94 bits per heavy atom. The van der Waals surface area contributed by atoms with E-state index >= 15 is 0 Å². The third kappa shape index (κ3) is 5.15. The summed E-state index contributed by atoms with van der Waals surface area (Å²) in [5.74, 6) is -0.310. The number of carbonyl (C=O) groups excluding carboxylic acids is 2. The minimum absolute atomic E-state index is 0.216. The highest BCUT2D eigenvalue weighted by atomic mass is 16.5. The minimum atomic E-state index is -0.402. The van der Waals surface area contributed by atoms with Crippen LogP contribution in [0, 0.1) is 0 Å². The van der Waals surface area contributed by atoms with E-state index in [1.807, 2.05) is 60.9 Å². The van der Waals surface area contributed by atoms with E-state index in [2.05, 4.69) is 31.0 Å². The van der Waals surface area contributed by atoms with Gasteiger partial charge < -0.3 is 14.7 Å². The Balaban J connectivity index is 1.10. The minimum Gasteiger partial charge on any atom is -0.484 e. The molecule has 0 fully saturated rings. The van der Waals surface area contributed by atoms with Gasteiger partial charge in [0, 0.05) is 50.9 Å². The third-order valence-electron chi connectivity index (χ3n) is 5.51. The number of carbonyl (C=O) groups is 2. The maximum Gasteiger partial charge on any atom is 0.277 e. The monoisotopic (exact) mass is 478 g/mol. The first kappa shape index (κ1) is 22.6. The van der Waals surface area contributed by atoms with Crippen LogP contribution in [0.1, 0.15) is 21.5 Å². The summed E-state index contributed by atoms with van der Waals surface area (Å²) < 4.78 is 5.48. The third-order valence-corrected chi connectivity index (χ3v) is 5.51. The van der Waals surface area contributed by atoms with Crippen molar-refractivity contribution in [3.05, 3.63) is 102 Å². The molecule has 0 saturated heterocycles. The summed E-state index contributed by atoms with van der Waals surface area (Å²) in [6.07, 6.45) is 6.89. The van der Waals surface area contributed by atoms with Crippen LogP contribution in [0.5, 0.6) is 5.75 Å². The molecular weight excluding hydrogens is 456 g/mol. The Morgan fingerprint density at radius 1 is 0.750 bits per heavy atom. The summed E-state index contributed by atoms with van der Waals surface area (Å²) in [6.45, 7) is -0.216. The van der Waals surface area contributed by atoms with Crippen molar-refractivity contribution < 1.29 is 14.3 Å². The van der Waals surface area contributed by atoms with E-state index in [1.165, 1.54) is 0 Å². The first-order chi connectivity index (χ1) is 17.7. The highest BCUT2D eigenvalue weighted by Gasteiger charge is 2.07. The van der Waals surface area contributed by atoms with Gasteiger partial charge in [-0.25, -0.2) is 10.9 Å². The number of hydrogen-bond donors (Lipinski definition) is 4. The Labute approximate surface area is 205 Å². The summed E-state index contributed by atoms with van der Waals surface area (Å²) in [4.78, 5) is 30.7. The number of benzene rings is 3. The van der Waals surface area contributed by atoms with Crippen LogP contribution in [0.25, 0.3) is 21.8 Å². The second-order valence-corrected chi connectivity index (χ2v) is 7.88. The number of aromatic nitrogens is 2. The van der Waals surface area contributed by atoms with E-state index in [1.54, 1.807) is 36.7 Å². The average molecular weight is 479 g/mol. The Hall–Kier alpha value is -5.18. The van der Waals surface area contributed by atoms with Gasteiger partial charge in [0.2, 0.25) is 0 Å². The van der Waals surface area contributed by atoms with Crippen molar-refractivity contribution in [1.29, 1.82) is 0 Å². The number of hydrogen-bond acceptors (Lipinski definition) is 5. The van der Waals surface area contributed by atoms with Gasteiger partial charge in [-0.1, -0.05) is 24.3 Å². The van der Waals surface area contributed by atoms with Crippen LogP contribution in [0.4, 0.5) is 0 Å². The standard InChI is InChI=1S/C27H22N6O3/c34-26(32-30-15-19-3-1-5-24-22(19)11-13-28-24)17-36-21-9-7-18(8-10-21)27(35)33-31-16-20-4-2-6-25-23(20)12-14-29-25/h1-16,28-29H,17H2,(H,32,34)(H,33,35)/b30-15+,31-16+. The number of amides is 2. The molecule has 0 aliphatic carbocycles. The molecule has 0 aliphatic heterocycles. The summed E-state index contributed by atoms with van der Waals surface area (Å²) in [6, 6.07) is 21.9. The molecule has 3 aromatic carbocycles. The van der Waals surface area contributed by atoms with Gasteiger partial charge in [0.25, 0.3) is 11.8 Å². The lowest BCUT2D eigenvalue weighted by molar-refractivity contribution is -0.123. The highest BCUT2D eigenvalue weighted by molar-refractivity contribution is 6.00. The molecule has 9 heteroatoms. The van der Waals surface area contributed by atoms with Crippen LogP contribution in [-0.2, 0) is 4.79 Å². The second kappa shape index (κ2) is 10.4. The predicted molar refractivity (Wildman–Crippen MR) is 139 cm³/mol. The number of nitrogens with zero attached hydrogens (tertiary/aromatic N) is 2. The average Bonchev–Trinajstić information content (AvgIpc) is 3.58. The summed E-state index contributed by atoms with van der Waals surface area (Å²) in [5.41, 5.74) is 9.14. The lowest BCUT2D eigenvalue weighted by atomic mass is 10.1. The lowest BCUT2D eigenvalue weighted by Gasteiger charge is -2.06. The number of fused-ring (bicyclic) bond motifs is 2. The summed E-state index contributed by atoms with van der Waals surface area (Å²) >= 11 is 0. The smallest absolute Gasteiger partial charge is 0.277 e. The van der Waals surface area contributed by atoms with Crippen molar-refractivity contribution in [1.82, 2.24) is 20.8 Å². The van der Waals surface area contributed by atoms with Crippen LogP contribution in [0.3, 0.4) is 0 Å². The molecule has 2 amide bonds. The maximum atomic E-state index is 12.4. The zero-order valence-corrected chi connectivity index (χ0v) is 19.1. The van der Waals surface area contributed by atoms with Crippen LogP contribution in [-0.4, -0.2) is 40.8 Å². The predicted octanol–water partition coefficient (Wildman–Crippen LogP) is 3.94. The molecule has 4 N–H and O–H groups in total. The molecule has 2 heterocycles. The van der Waals surface area contributed by atoms with E-state index < -0.39 is 5.91 Å². The van der Waals surface area contributed by atoms with Crippen LogP contribution in [0.2, 0.25) is 0 Å². The zero-order chi connectivity index (χ0) is 24.7. The molecular formula is C27H22N6O3. The van der Waals surface area contributed by atoms with Gasteiger partial charge in [0.1, 0.15) is 5.75 Å². The fourth-order valence-corrected chi connectivity index (χ4v) is 3.73. The van der Waals surface area contributed by atoms with Gasteiger partial charge in [-0.2, -0.15) is 10.2 Å². The van der Waals surface area contributed by atoms with E-state index in [0.717, 1.165) is 32.9 Å². The maximum absolute atomic E-state index is 12.4. The number of rotatable bonds is 8.